The molecule has 5 nitrogen and oxygen atoms in total. The quantitative estimate of drug-likeness (QED) is 0.761. The molecule has 2 heterocycles. The molecule has 0 aliphatic carbocycles. The van der Waals surface area contributed by atoms with Gasteiger partial charge in [0.25, 0.3) is 0 Å². The van der Waals surface area contributed by atoms with Crippen molar-refractivity contribution in [3.63, 3.8) is 0 Å². The molecule has 0 radical (unpaired) electrons. The molecule has 1 aromatic carbocycles. The molecule has 3 rings (SSSR count). The van der Waals surface area contributed by atoms with Crippen LogP contribution in [-0.4, -0.2) is 79.1 Å². The molecule has 0 spiro atoms. The number of piperidine rings is 1. The second-order valence-corrected chi connectivity index (χ2v) is 7.68. The Labute approximate surface area is 161 Å². The van der Waals surface area contributed by atoms with E-state index in [0.29, 0.717) is 12.5 Å². The predicted molar refractivity (Wildman–Crippen MR) is 105 cm³/mol. The molecule has 2 aliphatic rings. The maximum absolute atomic E-state index is 12.7. The summed E-state index contributed by atoms with van der Waals surface area (Å²) in [5, 5.41) is 0.724. The van der Waals surface area contributed by atoms with Gasteiger partial charge in [0.05, 0.1) is 6.04 Å². The van der Waals surface area contributed by atoms with Crippen molar-refractivity contribution in [1.82, 2.24) is 14.7 Å². The van der Waals surface area contributed by atoms with Crippen LogP contribution in [0.2, 0.25) is 5.02 Å². The lowest BCUT2D eigenvalue weighted by molar-refractivity contribution is -0.138. The number of nitrogens with zero attached hydrogens (tertiary/aromatic N) is 3. The molecule has 1 amide bonds. The highest BCUT2D eigenvalue weighted by molar-refractivity contribution is 6.30. The summed E-state index contributed by atoms with van der Waals surface area (Å²) < 4.78 is 5.78. The van der Waals surface area contributed by atoms with Crippen LogP contribution < -0.4 is 4.74 Å². The summed E-state index contributed by atoms with van der Waals surface area (Å²) in [5.74, 6) is 1.16. The minimum Gasteiger partial charge on any atom is -0.492 e. The lowest BCUT2D eigenvalue weighted by Gasteiger charge is -2.39. The zero-order valence-electron chi connectivity index (χ0n) is 15.7. The molecule has 2 aliphatic heterocycles. The highest BCUT2D eigenvalue weighted by atomic mass is 35.5. The van der Waals surface area contributed by atoms with E-state index < -0.39 is 0 Å². The second kappa shape index (κ2) is 9.58. The number of carbonyl (C=O) groups is 1. The number of ether oxygens (including phenoxy) is 1. The van der Waals surface area contributed by atoms with Crippen LogP contribution in [0.15, 0.2) is 24.3 Å². The van der Waals surface area contributed by atoms with Crippen molar-refractivity contribution in [3.05, 3.63) is 29.3 Å². The number of likely N-dealkylation sites (tertiary alicyclic amines) is 1. The van der Waals surface area contributed by atoms with E-state index in [0.717, 1.165) is 69.4 Å². The number of benzene rings is 1. The number of amides is 1. The third-order valence-electron chi connectivity index (χ3n) is 5.47. The van der Waals surface area contributed by atoms with Crippen LogP contribution in [0.25, 0.3) is 0 Å². The summed E-state index contributed by atoms with van der Waals surface area (Å²) in [6.45, 7) is 9.38. The molecule has 1 atom stereocenters. The Kier molecular flexibility index (Phi) is 7.17. The van der Waals surface area contributed by atoms with Gasteiger partial charge < -0.3 is 9.64 Å². The number of halogens is 1. The fourth-order valence-electron chi connectivity index (χ4n) is 3.73. The van der Waals surface area contributed by atoms with Crippen molar-refractivity contribution in [3.8, 4) is 5.75 Å². The molecule has 144 valence electrons. The topological polar surface area (TPSA) is 36.0 Å². The van der Waals surface area contributed by atoms with Gasteiger partial charge in [0.2, 0.25) is 5.91 Å². The highest BCUT2D eigenvalue weighted by Gasteiger charge is 2.29. The summed E-state index contributed by atoms with van der Waals surface area (Å²) in [5.41, 5.74) is 0. The van der Waals surface area contributed by atoms with E-state index in [2.05, 4.69) is 21.6 Å². The van der Waals surface area contributed by atoms with Crippen LogP contribution in [0.4, 0.5) is 0 Å². The van der Waals surface area contributed by atoms with Crippen molar-refractivity contribution < 1.29 is 9.53 Å². The first-order chi connectivity index (χ1) is 12.6. The zero-order chi connectivity index (χ0) is 18.4. The van der Waals surface area contributed by atoms with Gasteiger partial charge in [-0.15, -0.1) is 0 Å². The largest absolute Gasteiger partial charge is 0.492 e. The Bertz CT molecular complexity index is 567. The van der Waals surface area contributed by atoms with Gasteiger partial charge in [-0.1, -0.05) is 11.6 Å². The first-order valence-corrected chi connectivity index (χ1v) is 10.1. The number of hydrogen-bond donors (Lipinski definition) is 0. The molecule has 2 fully saturated rings. The summed E-state index contributed by atoms with van der Waals surface area (Å²) in [4.78, 5) is 19.5. The van der Waals surface area contributed by atoms with Crippen molar-refractivity contribution in [2.45, 2.75) is 32.2 Å². The van der Waals surface area contributed by atoms with E-state index in [9.17, 15) is 4.79 Å². The van der Waals surface area contributed by atoms with Gasteiger partial charge in [-0.05, 0) is 50.5 Å². The van der Waals surface area contributed by atoms with Gasteiger partial charge in [-0.3, -0.25) is 14.6 Å². The lowest BCUT2D eigenvalue weighted by atomic mass is 10.1. The van der Waals surface area contributed by atoms with E-state index in [-0.39, 0.29) is 6.04 Å². The fraction of sp³-hybridized carbons (Fsp3) is 0.650. The van der Waals surface area contributed by atoms with Gasteiger partial charge in [0.1, 0.15) is 12.4 Å². The van der Waals surface area contributed by atoms with E-state index in [1.165, 1.54) is 6.42 Å². The Morgan fingerprint density at radius 2 is 1.69 bits per heavy atom. The number of rotatable bonds is 6. The maximum atomic E-state index is 12.7. The van der Waals surface area contributed by atoms with Crippen LogP contribution in [0.3, 0.4) is 0 Å². The van der Waals surface area contributed by atoms with Gasteiger partial charge >= 0.3 is 0 Å². The van der Waals surface area contributed by atoms with Crippen molar-refractivity contribution >= 4 is 17.5 Å². The monoisotopic (exact) mass is 379 g/mol. The predicted octanol–water partition coefficient (Wildman–Crippen LogP) is 2.74. The van der Waals surface area contributed by atoms with Crippen molar-refractivity contribution in [2.24, 2.45) is 0 Å². The van der Waals surface area contributed by atoms with Crippen molar-refractivity contribution in [1.29, 1.82) is 0 Å². The van der Waals surface area contributed by atoms with Gasteiger partial charge in [0, 0.05) is 50.8 Å². The first-order valence-electron chi connectivity index (χ1n) is 9.77. The molecule has 0 bridgehead atoms. The average molecular weight is 380 g/mol. The minimum atomic E-state index is 0.000525. The molecule has 1 aromatic rings. The fourth-order valence-corrected chi connectivity index (χ4v) is 3.86. The second-order valence-electron chi connectivity index (χ2n) is 7.24. The summed E-state index contributed by atoms with van der Waals surface area (Å²) >= 11 is 5.88. The number of piperazine rings is 1. The van der Waals surface area contributed by atoms with Gasteiger partial charge in [-0.2, -0.15) is 0 Å². The molecule has 2 saturated heterocycles. The van der Waals surface area contributed by atoms with E-state index in [1.807, 2.05) is 24.3 Å². The van der Waals surface area contributed by atoms with E-state index >= 15 is 0 Å². The molecule has 0 aromatic heterocycles. The summed E-state index contributed by atoms with van der Waals surface area (Å²) in [6, 6.07) is 7.48. The number of carbonyl (C=O) groups excluding carboxylic acids is 1. The molecular weight excluding hydrogens is 350 g/mol. The van der Waals surface area contributed by atoms with Crippen LogP contribution in [0.5, 0.6) is 5.75 Å². The average Bonchev–Trinajstić information content (AvgIpc) is 2.69. The molecule has 1 unspecified atom stereocenters. The molecule has 0 N–H and O–H groups in total. The zero-order valence-corrected chi connectivity index (χ0v) is 16.5. The van der Waals surface area contributed by atoms with Crippen LogP contribution in [0.1, 0.15) is 26.2 Å². The lowest BCUT2D eigenvalue weighted by Crippen LogP contribution is -2.55. The standard InChI is InChI=1S/C20H30ClN3O2/c1-17(20(25)24-9-3-2-4-10-24)23-13-11-22(12-14-23)15-16-26-19-7-5-18(21)6-8-19/h5-8,17H,2-4,9-16H2,1H3. The third kappa shape index (κ3) is 5.35. The van der Waals surface area contributed by atoms with Crippen LogP contribution >= 0.6 is 11.6 Å². The molecule has 0 saturated carbocycles. The molecule has 6 heteroatoms. The highest BCUT2D eigenvalue weighted by Crippen LogP contribution is 2.16. The van der Waals surface area contributed by atoms with Gasteiger partial charge in [-0.25, -0.2) is 0 Å². The van der Waals surface area contributed by atoms with Crippen LogP contribution in [-0.2, 0) is 4.79 Å². The summed E-state index contributed by atoms with van der Waals surface area (Å²) in [6.07, 6.45) is 3.56. The van der Waals surface area contributed by atoms with Crippen molar-refractivity contribution in [2.75, 3.05) is 52.4 Å². The van der Waals surface area contributed by atoms with E-state index in [4.69, 9.17) is 16.3 Å². The first kappa shape index (κ1) is 19.5. The van der Waals surface area contributed by atoms with E-state index in [1.54, 1.807) is 0 Å². The SMILES string of the molecule is CC(C(=O)N1CCCCC1)N1CCN(CCOc2ccc(Cl)cc2)CC1. The summed E-state index contributed by atoms with van der Waals surface area (Å²) in [7, 11) is 0. The van der Waals surface area contributed by atoms with Gasteiger partial charge in [0.15, 0.2) is 0 Å². The Balaban J connectivity index is 1.36. The smallest absolute Gasteiger partial charge is 0.239 e. The minimum absolute atomic E-state index is 0.000525. The number of hydrogen-bond acceptors (Lipinski definition) is 4. The third-order valence-corrected chi connectivity index (χ3v) is 5.72. The Morgan fingerprint density at radius 1 is 1.04 bits per heavy atom. The Hall–Kier alpha value is -1.30. The molecular formula is C20H30ClN3O2. The maximum Gasteiger partial charge on any atom is 0.239 e. The van der Waals surface area contributed by atoms with Crippen LogP contribution in [0, 0.1) is 0 Å². The molecule has 26 heavy (non-hydrogen) atoms. The Morgan fingerprint density at radius 3 is 2.35 bits per heavy atom. The normalized spacial score (nSPS) is 20.8.